The first kappa shape index (κ1) is 58.6. The quantitative estimate of drug-likeness (QED) is 0.0198. The van der Waals surface area contributed by atoms with Crippen LogP contribution >= 0.6 is 0 Å². The van der Waals surface area contributed by atoms with Crippen molar-refractivity contribution in [3.63, 3.8) is 0 Å². The lowest BCUT2D eigenvalue weighted by molar-refractivity contribution is -0.301. The average molecular weight is 911 g/mol. The Morgan fingerprint density at radius 3 is 1.57 bits per heavy atom. The number of ether oxygens (including phenoxy) is 4. The first-order chi connectivity index (χ1) is 30.6. The van der Waals surface area contributed by atoms with Gasteiger partial charge >= 0.3 is 16.4 Å². The maximum Gasteiger partial charge on any atom is 0.397 e. The number of carbonyl (C=O) groups excluding carboxylic acids is 1. The highest BCUT2D eigenvalue weighted by Crippen LogP contribution is 2.26. The number of esters is 1. The lowest BCUT2D eigenvalue weighted by Gasteiger charge is -2.41. The molecule has 12 nitrogen and oxygen atoms in total. The summed E-state index contributed by atoms with van der Waals surface area (Å²) >= 11 is 0. The Bertz CT molecular complexity index is 1370. The van der Waals surface area contributed by atoms with Gasteiger partial charge < -0.3 is 34.3 Å². The minimum Gasteiger partial charge on any atom is -0.457 e. The average Bonchev–Trinajstić information content (AvgIpc) is 3.26. The molecule has 0 saturated carbocycles. The van der Waals surface area contributed by atoms with Crippen LogP contribution in [0.25, 0.3) is 0 Å². The molecular weight excluding hydrogens is 825 g/mol. The van der Waals surface area contributed by atoms with Gasteiger partial charge in [-0.1, -0.05) is 177 Å². The number of hydrogen-bond acceptors (Lipinski definition) is 11. The number of carbonyl (C=O) groups is 1. The molecule has 6 unspecified atom stereocenters. The number of allylic oxidation sites excluding steroid dienone is 12. The highest BCUT2D eigenvalue weighted by Gasteiger charge is 2.48. The van der Waals surface area contributed by atoms with E-state index in [1.807, 2.05) is 0 Å². The highest BCUT2D eigenvalue weighted by molar-refractivity contribution is 7.80. The molecule has 0 radical (unpaired) electrons. The van der Waals surface area contributed by atoms with Gasteiger partial charge in [-0.15, -0.1) is 0 Å². The fraction of sp³-hybridized carbons (Fsp3) is 0.740. The molecule has 0 aromatic carbocycles. The normalized spacial score (nSPS) is 20.5. The second-order valence-electron chi connectivity index (χ2n) is 16.3. The van der Waals surface area contributed by atoms with E-state index in [1.54, 1.807) is 0 Å². The third-order valence-corrected chi connectivity index (χ3v) is 11.1. The third-order valence-electron chi connectivity index (χ3n) is 10.6. The monoisotopic (exact) mass is 911 g/mol. The largest absolute Gasteiger partial charge is 0.457 e. The van der Waals surface area contributed by atoms with E-state index in [9.17, 15) is 33.1 Å². The minimum atomic E-state index is -5.07. The molecule has 1 saturated heterocycles. The van der Waals surface area contributed by atoms with Crippen LogP contribution in [0.4, 0.5) is 0 Å². The second kappa shape index (κ2) is 41.0. The van der Waals surface area contributed by atoms with Gasteiger partial charge in [0.1, 0.15) is 30.5 Å². The molecule has 364 valence electrons. The summed E-state index contributed by atoms with van der Waals surface area (Å²) in [6.45, 7) is 3.82. The van der Waals surface area contributed by atoms with Crippen molar-refractivity contribution in [3.8, 4) is 0 Å². The van der Waals surface area contributed by atoms with Crippen LogP contribution in [0.2, 0.25) is 0 Å². The highest BCUT2D eigenvalue weighted by atomic mass is 32.3. The summed E-state index contributed by atoms with van der Waals surface area (Å²) in [6, 6.07) is 0. The van der Waals surface area contributed by atoms with Gasteiger partial charge in [-0.2, -0.15) is 8.42 Å². The van der Waals surface area contributed by atoms with E-state index in [4.69, 9.17) is 18.9 Å². The summed E-state index contributed by atoms with van der Waals surface area (Å²) in [4.78, 5) is 12.9. The molecule has 0 aromatic heterocycles. The number of rotatable bonds is 41. The molecule has 0 amide bonds. The summed E-state index contributed by atoms with van der Waals surface area (Å²) < 4.78 is 59.1. The van der Waals surface area contributed by atoms with Crippen molar-refractivity contribution in [2.45, 2.75) is 211 Å². The number of aliphatic hydroxyl groups excluding tert-OH is 3. The molecule has 1 aliphatic rings. The first-order valence-corrected chi connectivity index (χ1v) is 25.6. The van der Waals surface area contributed by atoms with Crippen LogP contribution in [-0.2, 0) is 38.3 Å². The topological polar surface area (TPSA) is 178 Å². The van der Waals surface area contributed by atoms with Crippen molar-refractivity contribution in [2.24, 2.45) is 0 Å². The van der Waals surface area contributed by atoms with Gasteiger partial charge in [0.05, 0.1) is 19.8 Å². The van der Waals surface area contributed by atoms with Crippen molar-refractivity contribution in [2.75, 3.05) is 26.4 Å². The first-order valence-electron chi connectivity index (χ1n) is 24.2. The second-order valence-corrected chi connectivity index (χ2v) is 17.4. The van der Waals surface area contributed by atoms with E-state index in [1.165, 1.54) is 77.0 Å². The molecule has 6 atom stereocenters. The fourth-order valence-electron chi connectivity index (χ4n) is 6.97. The van der Waals surface area contributed by atoms with E-state index in [0.29, 0.717) is 13.0 Å². The van der Waals surface area contributed by atoms with E-state index in [-0.39, 0.29) is 19.6 Å². The predicted molar refractivity (Wildman–Crippen MR) is 252 cm³/mol. The van der Waals surface area contributed by atoms with Crippen LogP contribution in [0.3, 0.4) is 0 Å². The molecule has 4 N–H and O–H groups in total. The van der Waals surface area contributed by atoms with E-state index in [0.717, 1.165) is 70.6 Å². The van der Waals surface area contributed by atoms with Crippen molar-refractivity contribution >= 4 is 16.4 Å². The molecule has 0 aliphatic carbocycles. The molecule has 0 aromatic rings. The van der Waals surface area contributed by atoms with Gasteiger partial charge in [0.2, 0.25) is 0 Å². The maximum absolute atomic E-state index is 12.9. The molecule has 1 aliphatic heterocycles. The molecule has 0 spiro atoms. The van der Waals surface area contributed by atoms with Crippen LogP contribution in [0.5, 0.6) is 0 Å². The zero-order valence-corrected chi connectivity index (χ0v) is 39.7. The molecule has 1 heterocycles. The van der Waals surface area contributed by atoms with E-state index < -0.39 is 59.8 Å². The molecule has 0 bridgehead atoms. The standard InChI is InChI=1S/C50H86O12S/c1-3-5-7-9-11-13-15-17-19-20-21-22-23-24-25-27-29-31-33-35-37-39-46(52)60-44(43-59-50-48(54)49(62-63(55,56)57)47(53)45(41-51)61-50)42-58-40-38-36-34-32-30-28-26-18-16-14-12-10-8-6-4-2/h5,7,11,13,17,19,21-22,24-25,29,31,44-45,47-51,53-54H,3-4,6,8-10,12,14-16,18,20,23,26-28,30,32-43H2,1-2H3,(H,55,56,57)/b7-5-,13-11-,19-17-,22-21-,25-24-,31-29-. The smallest absolute Gasteiger partial charge is 0.397 e. The Morgan fingerprint density at radius 1 is 0.619 bits per heavy atom. The lowest BCUT2D eigenvalue weighted by Crippen LogP contribution is -2.60. The Balaban J connectivity index is 2.44. The van der Waals surface area contributed by atoms with Gasteiger partial charge in [0.15, 0.2) is 6.29 Å². The van der Waals surface area contributed by atoms with Gasteiger partial charge in [0.25, 0.3) is 0 Å². The number of unbranched alkanes of at least 4 members (excludes halogenated alkanes) is 16. The Hall–Kier alpha value is -2.46. The summed E-state index contributed by atoms with van der Waals surface area (Å²) in [6.07, 6.45) is 43.6. The van der Waals surface area contributed by atoms with Crippen LogP contribution < -0.4 is 0 Å². The zero-order valence-electron chi connectivity index (χ0n) is 38.9. The van der Waals surface area contributed by atoms with Crippen molar-refractivity contribution in [1.82, 2.24) is 0 Å². The van der Waals surface area contributed by atoms with Gasteiger partial charge in [-0.3, -0.25) is 9.35 Å². The van der Waals surface area contributed by atoms with Gasteiger partial charge in [-0.05, 0) is 64.2 Å². The van der Waals surface area contributed by atoms with Gasteiger partial charge in [-0.25, -0.2) is 4.18 Å². The van der Waals surface area contributed by atoms with Crippen LogP contribution in [0.1, 0.15) is 174 Å². The van der Waals surface area contributed by atoms with Crippen LogP contribution in [-0.4, -0.2) is 97.5 Å². The predicted octanol–water partition coefficient (Wildman–Crippen LogP) is 10.7. The Morgan fingerprint density at radius 2 is 1.10 bits per heavy atom. The van der Waals surface area contributed by atoms with Crippen molar-refractivity contribution in [1.29, 1.82) is 0 Å². The molecular formula is C50H86O12S. The molecule has 63 heavy (non-hydrogen) atoms. The lowest BCUT2D eigenvalue weighted by atomic mass is 9.99. The fourth-order valence-corrected chi connectivity index (χ4v) is 7.48. The maximum atomic E-state index is 12.9. The third kappa shape index (κ3) is 34.5. The zero-order chi connectivity index (χ0) is 46.1. The van der Waals surface area contributed by atoms with Crippen molar-refractivity contribution in [3.05, 3.63) is 72.9 Å². The number of hydrogen-bond donors (Lipinski definition) is 4. The summed E-state index contributed by atoms with van der Waals surface area (Å²) in [7, 11) is -5.07. The SMILES string of the molecule is CC/C=C\C/C=C\C/C=C\C/C=C\C/C=C\C/C=C\CCCCC(=O)OC(COCCCCCCCCCCCCCCCCC)COC1OC(CO)C(O)C(OS(=O)(=O)O)C1O. The van der Waals surface area contributed by atoms with Gasteiger partial charge in [0, 0.05) is 13.0 Å². The minimum absolute atomic E-state index is 0.0166. The van der Waals surface area contributed by atoms with E-state index in [2.05, 4.69) is 90.9 Å². The summed E-state index contributed by atoms with van der Waals surface area (Å²) in [5.74, 6) is -0.441. The Labute approximate surface area is 381 Å². The molecule has 1 fully saturated rings. The number of aliphatic hydroxyl groups is 3. The van der Waals surface area contributed by atoms with Crippen LogP contribution in [0.15, 0.2) is 72.9 Å². The summed E-state index contributed by atoms with van der Waals surface area (Å²) in [5.41, 5.74) is 0. The van der Waals surface area contributed by atoms with Crippen molar-refractivity contribution < 1.29 is 56.2 Å². The summed E-state index contributed by atoms with van der Waals surface area (Å²) in [5, 5.41) is 30.7. The molecule has 1 rings (SSSR count). The van der Waals surface area contributed by atoms with Crippen LogP contribution in [0, 0.1) is 0 Å². The molecule has 13 heteroatoms. The Kier molecular flexibility index (Phi) is 38.1. The van der Waals surface area contributed by atoms with E-state index >= 15 is 0 Å².